The molecule has 2 saturated heterocycles. The van der Waals surface area contributed by atoms with E-state index in [0.29, 0.717) is 51.9 Å². The average molecular weight is 703 g/mol. The number of carbonyl (C=O) groups excluding carboxylic acids is 2. The number of nitrogens with zero attached hydrogens (tertiary/aromatic N) is 6. The Labute approximate surface area is 285 Å². The fraction of sp³-hybridized carbons (Fsp3) is 0.412. The van der Waals surface area contributed by atoms with Gasteiger partial charge in [-0.1, -0.05) is 48.5 Å². The van der Waals surface area contributed by atoms with Gasteiger partial charge in [0.05, 0.1) is 0 Å². The predicted octanol–water partition coefficient (Wildman–Crippen LogP) is 6.72. The van der Waals surface area contributed by atoms with E-state index < -0.39 is 12.9 Å². The van der Waals surface area contributed by atoms with Crippen molar-refractivity contribution in [2.45, 2.75) is 38.5 Å². The van der Waals surface area contributed by atoms with Crippen molar-refractivity contribution < 1.29 is 27.2 Å². The highest BCUT2D eigenvalue weighted by Gasteiger charge is 2.23. The van der Waals surface area contributed by atoms with E-state index in [1.807, 2.05) is 20.6 Å². The van der Waals surface area contributed by atoms with Gasteiger partial charge in [0.1, 0.15) is 0 Å². The van der Waals surface area contributed by atoms with Gasteiger partial charge < -0.3 is 19.6 Å². The van der Waals surface area contributed by atoms with Crippen molar-refractivity contribution in [3.63, 3.8) is 0 Å². The Bertz CT molecular complexity index is 1460. The molecule has 2 fully saturated rings. The van der Waals surface area contributed by atoms with Crippen LogP contribution in [0.5, 0.6) is 0 Å². The number of rotatable bonds is 10. The number of carbonyl (C=O) groups is 2. The van der Waals surface area contributed by atoms with Gasteiger partial charge in [-0.3, -0.25) is 9.59 Å². The summed E-state index contributed by atoms with van der Waals surface area (Å²) in [7, 11) is 0. The number of benzene rings is 2. The van der Waals surface area contributed by atoms with Crippen molar-refractivity contribution >= 4 is 44.8 Å². The molecule has 48 heavy (non-hydrogen) atoms. The topological polar surface area (TPSA) is 72.9 Å². The minimum Gasteiger partial charge on any atom is -0.345 e. The molecule has 0 N–H and O–H groups in total. The quantitative estimate of drug-likeness (QED) is 0.171. The molecule has 0 saturated carbocycles. The van der Waals surface area contributed by atoms with Gasteiger partial charge in [-0.15, -0.1) is 22.7 Å². The van der Waals surface area contributed by atoms with E-state index in [1.165, 1.54) is 24.3 Å². The number of amides is 2. The summed E-state index contributed by atoms with van der Waals surface area (Å²) in [6.07, 6.45) is 0.307. The molecular weight excluding hydrogens is 665 g/mol. The van der Waals surface area contributed by atoms with Crippen LogP contribution in [0.4, 0.5) is 27.8 Å². The SMILES string of the molecule is O=C(CCc1cccc(C(F)F)c1)N1CCN(c2nccs2)CC1.O=C(CCc1cccc(C(F)F)c1)N1CCN(c2nccs2)CC1. The fourth-order valence-corrected chi connectivity index (χ4v) is 7.02. The molecule has 2 aliphatic heterocycles. The third-order valence-electron chi connectivity index (χ3n) is 8.31. The first-order valence-corrected chi connectivity index (χ1v) is 17.6. The van der Waals surface area contributed by atoms with Crippen LogP contribution < -0.4 is 9.80 Å². The summed E-state index contributed by atoms with van der Waals surface area (Å²) in [6.45, 7) is 5.82. The summed E-state index contributed by atoms with van der Waals surface area (Å²) in [6, 6.07) is 12.6. The Balaban J connectivity index is 0.000000188. The highest BCUT2D eigenvalue weighted by molar-refractivity contribution is 7.13. The van der Waals surface area contributed by atoms with E-state index in [2.05, 4.69) is 19.8 Å². The summed E-state index contributed by atoms with van der Waals surface area (Å²) >= 11 is 3.20. The van der Waals surface area contributed by atoms with Crippen LogP contribution in [-0.4, -0.2) is 83.9 Å². The smallest absolute Gasteiger partial charge is 0.263 e. The van der Waals surface area contributed by atoms with Gasteiger partial charge in [0.2, 0.25) is 11.8 Å². The zero-order chi connectivity index (χ0) is 33.9. The maximum absolute atomic E-state index is 12.7. The largest absolute Gasteiger partial charge is 0.345 e. The van der Waals surface area contributed by atoms with Crippen LogP contribution in [0, 0.1) is 0 Å². The molecule has 0 spiro atoms. The van der Waals surface area contributed by atoms with Crippen LogP contribution in [0.2, 0.25) is 0 Å². The third kappa shape index (κ3) is 9.99. The van der Waals surface area contributed by atoms with Gasteiger partial charge in [-0.2, -0.15) is 0 Å². The molecule has 8 nitrogen and oxygen atoms in total. The lowest BCUT2D eigenvalue weighted by Crippen LogP contribution is -2.48. The predicted molar refractivity (Wildman–Crippen MR) is 181 cm³/mol. The van der Waals surface area contributed by atoms with E-state index in [9.17, 15) is 27.2 Å². The van der Waals surface area contributed by atoms with E-state index in [4.69, 9.17) is 0 Å². The van der Waals surface area contributed by atoms with Crippen LogP contribution in [0.15, 0.2) is 71.7 Å². The Morgan fingerprint density at radius 3 is 1.35 bits per heavy atom. The van der Waals surface area contributed by atoms with Gasteiger partial charge in [-0.25, -0.2) is 27.5 Å². The standard InChI is InChI=1S/2C17H19F2N3OS/c2*18-16(19)14-3-1-2-13(12-14)4-5-15(23)21-7-9-22(10-8-21)17-20-6-11-24-17/h2*1-3,6,11-12,16H,4-5,7-10H2. The number of hydrogen-bond acceptors (Lipinski definition) is 8. The molecule has 2 amide bonds. The average Bonchev–Trinajstić information content (AvgIpc) is 3.86. The van der Waals surface area contributed by atoms with Gasteiger partial charge in [0.15, 0.2) is 10.3 Å². The van der Waals surface area contributed by atoms with Crippen molar-refractivity contribution in [2.24, 2.45) is 0 Å². The molecule has 2 aromatic heterocycles. The Hall–Kier alpha value is -4.04. The van der Waals surface area contributed by atoms with E-state index in [-0.39, 0.29) is 22.9 Å². The van der Waals surface area contributed by atoms with Gasteiger partial charge in [0.25, 0.3) is 12.9 Å². The van der Waals surface area contributed by atoms with Crippen molar-refractivity contribution in [2.75, 3.05) is 62.2 Å². The zero-order valence-corrected chi connectivity index (χ0v) is 28.0. The van der Waals surface area contributed by atoms with Crippen molar-refractivity contribution in [3.8, 4) is 0 Å². The highest BCUT2D eigenvalue weighted by Crippen LogP contribution is 2.23. The van der Waals surface area contributed by atoms with Gasteiger partial charge in [-0.05, 0) is 24.0 Å². The number of hydrogen-bond donors (Lipinski definition) is 0. The second kappa shape index (κ2) is 17.4. The van der Waals surface area contributed by atoms with E-state index in [0.717, 1.165) is 47.6 Å². The first kappa shape index (κ1) is 35.3. The molecule has 6 rings (SSSR count). The number of alkyl halides is 4. The highest BCUT2D eigenvalue weighted by atomic mass is 32.1. The number of thiazole rings is 2. The molecule has 0 unspecified atom stereocenters. The summed E-state index contributed by atoms with van der Waals surface area (Å²) in [4.78, 5) is 41.3. The Morgan fingerprint density at radius 2 is 1.02 bits per heavy atom. The molecule has 0 bridgehead atoms. The maximum atomic E-state index is 12.7. The second-order valence-electron chi connectivity index (χ2n) is 11.5. The van der Waals surface area contributed by atoms with Crippen LogP contribution in [-0.2, 0) is 22.4 Å². The zero-order valence-electron chi connectivity index (χ0n) is 26.4. The lowest BCUT2D eigenvalue weighted by atomic mass is 10.1. The minimum absolute atomic E-state index is 0.0111. The summed E-state index contributed by atoms with van der Waals surface area (Å²) in [5, 5.41) is 5.87. The molecule has 0 radical (unpaired) electrons. The number of halogens is 4. The van der Waals surface area contributed by atoms with Gasteiger partial charge >= 0.3 is 0 Å². The van der Waals surface area contributed by atoms with Gasteiger partial charge in [0, 0.05) is 99.5 Å². The molecule has 4 heterocycles. The van der Waals surface area contributed by atoms with Crippen molar-refractivity contribution in [3.05, 3.63) is 93.9 Å². The number of aryl methyl sites for hydroxylation is 2. The van der Waals surface area contributed by atoms with Crippen molar-refractivity contribution in [1.82, 2.24) is 19.8 Å². The molecular formula is C34H38F4N6O2S2. The first-order valence-electron chi connectivity index (χ1n) is 15.8. The monoisotopic (exact) mass is 702 g/mol. The van der Waals surface area contributed by atoms with Crippen LogP contribution in [0.3, 0.4) is 0 Å². The molecule has 256 valence electrons. The van der Waals surface area contributed by atoms with Crippen LogP contribution >= 0.6 is 22.7 Å². The van der Waals surface area contributed by atoms with Crippen molar-refractivity contribution in [1.29, 1.82) is 0 Å². The summed E-state index contributed by atoms with van der Waals surface area (Å²) in [5.74, 6) is 0.160. The lowest BCUT2D eigenvalue weighted by molar-refractivity contribution is -0.132. The first-order chi connectivity index (χ1) is 23.3. The number of anilines is 2. The Morgan fingerprint density at radius 1 is 0.625 bits per heavy atom. The molecule has 0 atom stereocenters. The normalized spacial score (nSPS) is 15.1. The second-order valence-corrected chi connectivity index (χ2v) is 13.2. The summed E-state index contributed by atoms with van der Waals surface area (Å²) < 4.78 is 50.8. The minimum atomic E-state index is -2.47. The molecule has 4 aromatic rings. The molecule has 0 aliphatic carbocycles. The number of piperazine rings is 2. The van der Waals surface area contributed by atoms with Crippen LogP contribution in [0.25, 0.3) is 0 Å². The molecule has 2 aromatic carbocycles. The third-order valence-corrected chi connectivity index (χ3v) is 9.97. The summed E-state index contributed by atoms with van der Waals surface area (Å²) in [5.41, 5.74) is 1.58. The molecule has 14 heteroatoms. The Kier molecular flexibility index (Phi) is 12.8. The lowest BCUT2D eigenvalue weighted by Gasteiger charge is -2.34. The maximum Gasteiger partial charge on any atom is 0.263 e. The number of aromatic nitrogens is 2. The van der Waals surface area contributed by atoms with E-state index in [1.54, 1.807) is 59.3 Å². The molecule has 2 aliphatic rings. The van der Waals surface area contributed by atoms with E-state index >= 15 is 0 Å². The van der Waals surface area contributed by atoms with Crippen LogP contribution in [0.1, 0.15) is 47.9 Å². The fourth-order valence-electron chi connectivity index (χ4n) is 5.63.